The molecule has 3 atom stereocenters. The molecule has 4 heteroatoms. The lowest BCUT2D eigenvalue weighted by Crippen LogP contribution is -2.50. The first-order valence-electron chi connectivity index (χ1n) is 9.13. The van der Waals surface area contributed by atoms with E-state index in [0.29, 0.717) is 0 Å². The molecule has 1 saturated heterocycles. The Bertz CT molecular complexity index is 650. The van der Waals surface area contributed by atoms with Gasteiger partial charge >= 0.3 is 0 Å². The molecular formula is C20H28N4. The fourth-order valence-electron chi connectivity index (χ4n) is 4.94. The number of piperidine rings is 1. The minimum Gasteiger partial charge on any atom is -0.306 e. The van der Waals surface area contributed by atoms with Crippen molar-refractivity contribution in [2.45, 2.75) is 32.0 Å². The lowest BCUT2D eigenvalue weighted by atomic mass is 9.91. The van der Waals surface area contributed by atoms with E-state index in [4.69, 9.17) is 0 Å². The molecule has 2 aliphatic rings. The second-order valence-electron chi connectivity index (χ2n) is 7.72. The van der Waals surface area contributed by atoms with Crippen molar-refractivity contribution in [1.29, 1.82) is 0 Å². The lowest BCUT2D eigenvalue weighted by Gasteiger charge is -2.41. The van der Waals surface area contributed by atoms with Gasteiger partial charge in [-0.3, -0.25) is 9.58 Å². The van der Waals surface area contributed by atoms with E-state index in [9.17, 15) is 0 Å². The molecule has 0 spiro atoms. The van der Waals surface area contributed by atoms with Gasteiger partial charge in [0.2, 0.25) is 0 Å². The van der Waals surface area contributed by atoms with Gasteiger partial charge in [0.05, 0.1) is 6.54 Å². The van der Waals surface area contributed by atoms with Crippen molar-refractivity contribution >= 4 is 0 Å². The van der Waals surface area contributed by atoms with Crippen molar-refractivity contribution < 1.29 is 0 Å². The summed E-state index contributed by atoms with van der Waals surface area (Å²) < 4.78 is 2.01. The van der Waals surface area contributed by atoms with Crippen LogP contribution in [0.4, 0.5) is 0 Å². The van der Waals surface area contributed by atoms with Crippen LogP contribution >= 0.6 is 0 Å². The molecule has 4 nitrogen and oxygen atoms in total. The van der Waals surface area contributed by atoms with Gasteiger partial charge in [0.25, 0.3) is 0 Å². The second-order valence-corrected chi connectivity index (χ2v) is 7.72. The summed E-state index contributed by atoms with van der Waals surface area (Å²) in [6, 6.07) is 11.6. The average molecular weight is 324 g/mol. The summed E-state index contributed by atoms with van der Waals surface area (Å²) in [5.74, 6) is 1.69. The van der Waals surface area contributed by atoms with Crippen molar-refractivity contribution in [1.82, 2.24) is 19.6 Å². The molecule has 1 aliphatic carbocycles. The van der Waals surface area contributed by atoms with Crippen LogP contribution in [-0.4, -0.2) is 52.8 Å². The minimum absolute atomic E-state index is 0.792. The van der Waals surface area contributed by atoms with Gasteiger partial charge in [0, 0.05) is 38.1 Å². The van der Waals surface area contributed by atoms with Gasteiger partial charge in [0.1, 0.15) is 0 Å². The lowest BCUT2D eigenvalue weighted by molar-refractivity contribution is 0.0712. The summed E-state index contributed by atoms with van der Waals surface area (Å²) in [5.41, 5.74) is 2.85. The van der Waals surface area contributed by atoms with Gasteiger partial charge in [0.15, 0.2) is 0 Å². The van der Waals surface area contributed by atoms with Gasteiger partial charge < -0.3 is 4.90 Å². The average Bonchev–Trinajstić information content (AvgIpc) is 3.16. The van der Waals surface area contributed by atoms with E-state index in [-0.39, 0.29) is 0 Å². The highest BCUT2D eigenvalue weighted by Crippen LogP contribution is 2.39. The van der Waals surface area contributed by atoms with Gasteiger partial charge in [-0.15, -0.1) is 0 Å². The predicted octanol–water partition coefficient (Wildman–Crippen LogP) is 2.70. The number of aromatic nitrogens is 2. The Hall–Kier alpha value is -1.65. The van der Waals surface area contributed by atoms with E-state index >= 15 is 0 Å². The summed E-state index contributed by atoms with van der Waals surface area (Å²) in [6.07, 6.45) is 6.70. The normalized spacial score (nSPS) is 27.0. The number of rotatable bonds is 5. The van der Waals surface area contributed by atoms with Crippen LogP contribution in [0.5, 0.6) is 0 Å². The molecule has 0 amide bonds. The molecule has 2 heterocycles. The van der Waals surface area contributed by atoms with Gasteiger partial charge in [-0.05, 0) is 56.0 Å². The Balaban J connectivity index is 1.47. The van der Waals surface area contributed by atoms with E-state index in [1.165, 1.54) is 37.1 Å². The first-order chi connectivity index (χ1) is 11.7. The van der Waals surface area contributed by atoms with Crippen LogP contribution in [0.2, 0.25) is 0 Å². The van der Waals surface area contributed by atoms with E-state index in [1.807, 2.05) is 23.1 Å². The summed E-state index contributed by atoms with van der Waals surface area (Å²) in [4.78, 5) is 5.15. The maximum atomic E-state index is 4.36. The molecule has 1 unspecified atom stereocenters. The molecule has 2 aromatic rings. The Morgan fingerprint density at radius 3 is 2.25 bits per heavy atom. The number of hydrogen-bond donors (Lipinski definition) is 0. The molecule has 1 aromatic heterocycles. The number of fused-ring (bicyclic) bond motifs is 2. The summed E-state index contributed by atoms with van der Waals surface area (Å²) >= 11 is 0. The van der Waals surface area contributed by atoms with Crippen molar-refractivity contribution in [3.63, 3.8) is 0 Å². The van der Waals surface area contributed by atoms with E-state index < -0.39 is 0 Å². The zero-order valence-electron chi connectivity index (χ0n) is 14.8. The van der Waals surface area contributed by atoms with Crippen molar-refractivity contribution in [2.24, 2.45) is 11.8 Å². The SMILES string of the molecule is CN(C)C1[C@@H]2CC[C@H]1CN(Cc1ccccc1Cn1cccn1)C2. The Labute approximate surface area is 145 Å². The smallest absolute Gasteiger partial charge is 0.0662 e. The van der Waals surface area contributed by atoms with Gasteiger partial charge in [-0.25, -0.2) is 0 Å². The van der Waals surface area contributed by atoms with Gasteiger partial charge in [-0.2, -0.15) is 5.10 Å². The molecule has 0 radical (unpaired) electrons. The Kier molecular flexibility index (Phi) is 4.42. The van der Waals surface area contributed by atoms with E-state index in [1.54, 1.807) is 0 Å². The van der Waals surface area contributed by atoms with Crippen LogP contribution in [0.25, 0.3) is 0 Å². The molecule has 0 N–H and O–H groups in total. The third-order valence-corrected chi connectivity index (χ3v) is 5.86. The van der Waals surface area contributed by atoms with Crippen LogP contribution < -0.4 is 0 Å². The second kappa shape index (κ2) is 6.69. The first-order valence-corrected chi connectivity index (χ1v) is 9.13. The van der Waals surface area contributed by atoms with Crippen molar-refractivity contribution in [3.8, 4) is 0 Å². The third-order valence-electron chi connectivity index (χ3n) is 5.86. The van der Waals surface area contributed by atoms with E-state index in [0.717, 1.165) is 31.0 Å². The van der Waals surface area contributed by atoms with Crippen LogP contribution in [-0.2, 0) is 13.1 Å². The first kappa shape index (κ1) is 15.9. The maximum Gasteiger partial charge on any atom is 0.0662 e. The van der Waals surface area contributed by atoms with Crippen molar-refractivity contribution in [2.75, 3.05) is 27.2 Å². The standard InChI is InChI=1S/C20H28N4/c1-22(2)20-18-8-9-19(20)14-23(13-18)12-16-6-3-4-7-17(16)15-24-11-5-10-21-24/h3-7,10-11,18-20H,8-9,12-15H2,1-2H3/t18-,19+,20?. The third kappa shape index (κ3) is 3.13. The quantitative estimate of drug-likeness (QED) is 0.845. The number of nitrogens with zero attached hydrogens (tertiary/aromatic N) is 4. The predicted molar refractivity (Wildman–Crippen MR) is 96.7 cm³/mol. The molecule has 2 fully saturated rings. The van der Waals surface area contributed by atoms with Crippen LogP contribution in [0.3, 0.4) is 0 Å². The molecule has 1 aromatic carbocycles. The molecule has 24 heavy (non-hydrogen) atoms. The monoisotopic (exact) mass is 324 g/mol. The molecule has 1 aliphatic heterocycles. The van der Waals surface area contributed by atoms with Crippen molar-refractivity contribution in [3.05, 3.63) is 53.9 Å². The molecular weight excluding hydrogens is 296 g/mol. The highest BCUT2D eigenvalue weighted by molar-refractivity contribution is 5.27. The fraction of sp³-hybridized carbons (Fsp3) is 0.550. The topological polar surface area (TPSA) is 24.3 Å². The highest BCUT2D eigenvalue weighted by atomic mass is 15.3. The Morgan fingerprint density at radius 2 is 1.67 bits per heavy atom. The molecule has 4 rings (SSSR count). The zero-order chi connectivity index (χ0) is 16.5. The fourth-order valence-corrected chi connectivity index (χ4v) is 4.94. The number of likely N-dealkylation sites (tertiary alicyclic amines) is 1. The minimum atomic E-state index is 0.792. The maximum absolute atomic E-state index is 4.36. The van der Waals surface area contributed by atoms with Crippen LogP contribution in [0.1, 0.15) is 24.0 Å². The van der Waals surface area contributed by atoms with Crippen LogP contribution in [0.15, 0.2) is 42.7 Å². The highest BCUT2D eigenvalue weighted by Gasteiger charge is 2.42. The van der Waals surface area contributed by atoms with Gasteiger partial charge in [-0.1, -0.05) is 24.3 Å². The summed E-state index contributed by atoms with van der Waals surface area (Å²) in [7, 11) is 4.51. The molecule has 2 bridgehead atoms. The van der Waals surface area contributed by atoms with Crippen LogP contribution in [0, 0.1) is 11.8 Å². The number of benzene rings is 1. The molecule has 1 saturated carbocycles. The largest absolute Gasteiger partial charge is 0.306 e. The summed E-state index contributed by atoms with van der Waals surface area (Å²) in [5, 5.41) is 4.36. The zero-order valence-corrected chi connectivity index (χ0v) is 14.8. The summed E-state index contributed by atoms with van der Waals surface area (Å²) in [6.45, 7) is 4.43. The number of hydrogen-bond acceptors (Lipinski definition) is 3. The van der Waals surface area contributed by atoms with E-state index in [2.05, 4.69) is 53.3 Å². The Morgan fingerprint density at radius 1 is 1.00 bits per heavy atom. The molecule has 128 valence electrons.